The van der Waals surface area contributed by atoms with Crippen LogP contribution >= 0.6 is 0 Å². The van der Waals surface area contributed by atoms with E-state index in [4.69, 9.17) is 8.83 Å². The maximum atomic E-state index is 12.2. The predicted molar refractivity (Wildman–Crippen MR) is 81.2 cm³/mol. The Hall–Kier alpha value is -2.08. The quantitative estimate of drug-likeness (QED) is 0.901. The summed E-state index contributed by atoms with van der Waals surface area (Å²) in [7, 11) is 0. The van der Waals surface area contributed by atoms with Crippen molar-refractivity contribution in [2.75, 3.05) is 13.1 Å². The van der Waals surface area contributed by atoms with Gasteiger partial charge in [-0.25, -0.2) is 4.98 Å². The molecule has 3 rings (SSSR count). The van der Waals surface area contributed by atoms with Gasteiger partial charge in [0.1, 0.15) is 5.76 Å². The Morgan fingerprint density at radius 2 is 2.41 bits per heavy atom. The average Bonchev–Trinajstić information content (AvgIpc) is 3.12. The summed E-state index contributed by atoms with van der Waals surface area (Å²) in [6.45, 7) is 5.82. The zero-order chi connectivity index (χ0) is 15.5. The van der Waals surface area contributed by atoms with Crippen LogP contribution in [0, 0.1) is 12.8 Å². The van der Waals surface area contributed by atoms with Crippen molar-refractivity contribution in [3.05, 3.63) is 29.9 Å². The predicted octanol–water partition coefficient (Wildman–Crippen LogP) is 1.90. The minimum atomic E-state index is -0.0251. The topological polar surface area (TPSA) is 80.3 Å². The largest absolute Gasteiger partial charge is 0.459 e. The summed E-state index contributed by atoms with van der Waals surface area (Å²) in [5, 5.41) is 6.39. The van der Waals surface area contributed by atoms with Crippen LogP contribution in [-0.4, -0.2) is 30.0 Å². The van der Waals surface area contributed by atoms with E-state index in [0.29, 0.717) is 29.0 Å². The van der Waals surface area contributed by atoms with E-state index in [1.54, 1.807) is 18.4 Å². The number of carbonyl (C=O) groups is 1. The van der Waals surface area contributed by atoms with Gasteiger partial charge in [0.05, 0.1) is 18.4 Å². The van der Waals surface area contributed by atoms with Crippen molar-refractivity contribution in [2.45, 2.75) is 32.7 Å². The van der Waals surface area contributed by atoms with E-state index in [1.165, 1.54) is 0 Å². The molecule has 2 atom stereocenters. The highest BCUT2D eigenvalue weighted by Crippen LogP contribution is 2.22. The Labute approximate surface area is 129 Å². The fourth-order valence-corrected chi connectivity index (χ4v) is 2.69. The molecule has 0 aliphatic carbocycles. The molecule has 0 spiro atoms. The summed E-state index contributed by atoms with van der Waals surface area (Å²) in [5.41, 5.74) is 0.653. The SMILES string of the molecule is Cc1oc(-c2ccco2)nc1CC(=O)NC1CNCCC1C. The van der Waals surface area contributed by atoms with E-state index in [0.717, 1.165) is 19.5 Å². The van der Waals surface area contributed by atoms with Crippen molar-refractivity contribution in [1.29, 1.82) is 0 Å². The molecule has 2 unspecified atom stereocenters. The van der Waals surface area contributed by atoms with Crippen LogP contribution in [0.4, 0.5) is 0 Å². The monoisotopic (exact) mass is 303 g/mol. The molecule has 6 heteroatoms. The van der Waals surface area contributed by atoms with Gasteiger partial charge in [-0.2, -0.15) is 0 Å². The fourth-order valence-electron chi connectivity index (χ4n) is 2.69. The van der Waals surface area contributed by atoms with Gasteiger partial charge >= 0.3 is 0 Å². The minimum Gasteiger partial charge on any atom is -0.459 e. The van der Waals surface area contributed by atoms with E-state index in [9.17, 15) is 4.79 Å². The normalized spacial score (nSPS) is 21.7. The van der Waals surface area contributed by atoms with Crippen LogP contribution in [-0.2, 0) is 11.2 Å². The number of nitrogens with one attached hydrogen (secondary N) is 2. The number of amides is 1. The van der Waals surface area contributed by atoms with Crippen LogP contribution in [0.2, 0.25) is 0 Å². The molecule has 0 saturated carbocycles. The van der Waals surface area contributed by atoms with Gasteiger partial charge in [0, 0.05) is 12.6 Å². The lowest BCUT2D eigenvalue weighted by Gasteiger charge is -2.30. The first kappa shape index (κ1) is 14.8. The van der Waals surface area contributed by atoms with Crippen LogP contribution in [0.5, 0.6) is 0 Å². The highest BCUT2D eigenvalue weighted by molar-refractivity contribution is 5.78. The average molecular weight is 303 g/mol. The second-order valence-corrected chi connectivity index (χ2v) is 5.82. The van der Waals surface area contributed by atoms with Crippen molar-refractivity contribution in [2.24, 2.45) is 5.92 Å². The summed E-state index contributed by atoms with van der Waals surface area (Å²) >= 11 is 0. The number of nitrogens with zero attached hydrogens (tertiary/aromatic N) is 1. The third-order valence-electron chi connectivity index (χ3n) is 4.13. The molecule has 1 fully saturated rings. The number of furan rings is 1. The summed E-state index contributed by atoms with van der Waals surface area (Å²) in [6.07, 6.45) is 2.87. The maximum Gasteiger partial charge on any atom is 0.263 e. The lowest BCUT2D eigenvalue weighted by atomic mass is 9.94. The molecule has 2 N–H and O–H groups in total. The van der Waals surface area contributed by atoms with Crippen LogP contribution < -0.4 is 10.6 Å². The Kier molecular flexibility index (Phi) is 4.29. The molecule has 2 aromatic rings. The van der Waals surface area contributed by atoms with Gasteiger partial charge in [0.2, 0.25) is 5.91 Å². The van der Waals surface area contributed by atoms with Crippen molar-refractivity contribution in [3.8, 4) is 11.7 Å². The van der Waals surface area contributed by atoms with E-state index in [1.807, 2.05) is 6.92 Å². The molecule has 1 saturated heterocycles. The van der Waals surface area contributed by atoms with Crippen LogP contribution in [0.25, 0.3) is 11.7 Å². The van der Waals surface area contributed by atoms with E-state index < -0.39 is 0 Å². The van der Waals surface area contributed by atoms with E-state index >= 15 is 0 Å². The van der Waals surface area contributed by atoms with Gasteiger partial charge in [-0.3, -0.25) is 4.79 Å². The Morgan fingerprint density at radius 1 is 1.55 bits per heavy atom. The van der Waals surface area contributed by atoms with Crippen molar-refractivity contribution in [1.82, 2.24) is 15.6 Å². The molecular formula is C16H21N3O3. The first-order valence-corrected chi connectivity index (χ1v) is 7.63. The zero-order valence-electron chi connectivity index (χ0n) is 12.9. The summed E-state index contributed by atoms with van der Waals surface area (Å²) in [5.74, 6) is 2.10. The third kappa shape index (κ3) is 3.22. The molecule has 1 aliphatic heterocycles. The first-order valence-electron chi connectivity index (χ1n) is 7.63. The summed E-state index contributed by atoms with van der Waals surface area (Å²) in [4.78, 5) is 16.6. The molecule has 6 nitrogen and oxygen atoms in total. The number of aryl methyl sites for hydroxylation is 1. The molecule has 118 valence electrons. The van der Waals surface area contributed by atoms with Crippen LogP contribution in [0.3, 0.4) is 0 Å². The van der Waals surface area contributed by atoms with Gasteiger partial charge in [-0.05, 0) is 37.9 Å². The number of hydrogen-bond donors (Lipinski definition) is 2. The second kappa shape index (κ2) is 6.36. The van der Waals surface area contributed by atoms with Gasteiger partial charge in [-0.15, -0.1) is 0 Å². The number of carbonyl (C=O) groups excluding carboxylic acids is 1. The molecule has 2 aromatic heterocycles. The van der Waals surface area contributed by atoms with Crippen molar-refractivity contribution in [3.63, 3.8) is 0 Å². The van der Waals surface area contributed by atoms with Gasteiger partial charge in [0.15, 0.2) is 5.76 Å². The number of oxazole rings is 1. The molecule has 3 heterocycles. The number of hydrogen-bond acceptors (Lipinski definition) is 5. The molecule has 0 aromatic carbocycles. The Bertz CT molecular complexity index is 633. The zero-order valence-corrected chi connectivity index (χ0v) is 12.9. The number of piperidine rings is 1. The molecule has 0 radical (unpaired) electrons. The maximum absolute atomic E-state index is 12.2. The first-order chi connectivity index (χ1) is 10.6. The number of aromatic nitrogens is 1. The third-order valence-corrected chi connectivity index (χ3v) is 4.13. The highest BCUT2D eigenvalue weighted by Gasteiger charge is 2.23. The molecular weight excluding hydrogens is 282 g/mol. The molecule has 22 heavy (non-hydrogen) atoms. The van der Waals surface area contributed by atoms with E-state index in [-0.39, 0.29) is 18.4 Å². The standard InChI is InChI=1S/C16H21N3O3/c1-10-5-6-17-9-13(10)18-15(20)8-12-11(2)22-16(19-12)14-4-3-7-21-14/h3-4,7,10,13,17H,5-6,8-9H2,1-2H3,(H,18,20). The lowest BCUT2D eigenvalue weighted by molar-refractivity contribution is -0.121. The molecule has 0 bridgehead atoms. The fraction of sp³-hybridized carbons (Fsp3) is 0.500. The smallest absolute Gasteiger partial charge is 0.263 e. The Balaban J connectivity index is 1.64. The van der Waals surface area contributed by atoms with Crippen molar-refractivity contribution >= 4 is 5.91 Å². The van der Waals surface area contributed by atoms with Crippen molar-refractivity contribution < 1.29 is 13.6 Å². The summed E-state index contributed by atoms with van der Waals surface area (Å²) < 4.78 is 10.8. The summed E-state index contributed by atoms with van der Waals surface area (Å²) in [6, 6.07) is 3.74. The highest BCUT2D eigenvalue weighted by atomic mass is 16.4. The van der Waals surface area contributed by atoms with Crippen LogP contribution in [0.15, 0.2) is 27.2 Å². The number of rotatable bonds is 4. The van der Waals surface area contributed by atoms with Gasteiger partial charge < -0.3 is 19.5 Å². The second-order valence-electron chi connectivity index (χ2n) is 5.82. The van der Waals surface area contributed by atoms with Gasteiger partial charge in [0.25, 0.3) is 5.89 Å². The lowest BCUT2D eigenvalue weighted by Crippen LogP contribution is -2.50. The minimum absolute atomic E-state index is 0.0251. The van der Waals surface area contributed by atoms with Crippen LogP contribution in [0.1, 0.15) is 24.8 Å². The molecule has 1 amide bonds. The Morgan fingerprint density at radius 3 is 3.14 bits per heavy atom. The molecule has 1 aliphatic rings. The van der Waals surface area contributed by atoms with Gasteiger partial charge in [-0.1, -0.05) is 6.92 Å². The van der Waals surface area contributed by atoms with E-state index in [2.05, 4.69) is 22.5 Å².